The number of rotatable bonds is 4. The van der Waals surface area contributed by atoms with Crippen molar-refractivity contribution in [3.63, 3.8) is 0 Å². The van der Waals surface area contributed by atoms with Gasteiger partial charge in [0.25, 0.3) is 5.91 Å². The van der Waals surface area contributed by atoms with Crippen molar-refractivity contribution >= 4 is 11.6 Å². The predicted molar refractivity (Wildman–Crippen MR) is 86.0 cm³/mol. The second-order valence-electron chi connectivity index (χ2n) is 5.35. The second-order valence-corrected chi connectivity index (χ2v) is 5.35. The number of benzene rings is 2. The summed E-state index contributed by atoms with van der Waals surface area (Å²) in [5.41, 5.74) is 5.77. The number of carbonyl (C=O) groups is 1. The van der Waals surface area contributed by atoms with Gasteiger partial charge in [-0.15, -0.1) is 0 Å². The Labute approximate surface area is 134 Å². The van der Waals surface area contributed by atoms with Gasteiger partial charge in [-0.25, -0.2) is 9.82 Å². The van der Waals surface area contributed by atoms with Crippen LogP contribution >= 0.6 is 0 Å². The first-order valence-electron chi connectivity index (χ1n) is 7.54. The van der Waals surface area contributed by atoms with Crippen LogP contribution in [0, 0.1) is 5.82 Å². The summed E-state index contributed by atoms with van der Waals surface area (Å²) >= 11 is 0. The van der Waals surface area contributed by atoms with Gasteiger partial charge in [-0.3, -0.25) is 4.79 Å². The Morgan fingerprint density at radius 1 is 1.13 bits per heavy atom. The number of amides is 1. The molecule has 0 radical (unpaired) electrons. The van der Waals surface area contributed by atoms with E-state index in [0.29, 0.717) is 5.75 Å². The standard InChI is InChI=1S/C18H17FN2O2/c19-14-8-10-15(11-9-14)23-12-18(22)21-20-17-7-3-5-13-4-1-2-6-16(13)17/h1-2,4,6,8-11H,3,5,7,12H2,(H,21,22)/b20-17-. The lowest BCUT2D eigenvalue weighted by Gasteiger charge is -2.17. The summed E-state index contributed by atoms with van der Waals surface area (Å²) in [4.78, 5) is 11.8. The molecular formula is C18H17FN2O2. The Hall–Kier alpha value is -2.69. The molecule has 0 unspecified atom stereocenters. The quantitative estimate of drug-likeness (QED) is 0.882. The summed E-state index contributed by atoms with van der Waals surface area (Å²) in [7, 11) is 0. The largest absolute Gasteiger partial charge is 0.484 e. The topological polar surface area (TPSA) is 50.7 Å². The molecule has 5 heteroatoms. The highest BCUT2D eigenvalue weighted by Gasteiger charge is 2.15. The van der Waals surface area contributed by atoms with Crippen molar-refractivity contribution in [2.24, 2.45) is 5.10 Å². The second kappa shape index (κ2) is 7.05. The molecule has 0 aliphatic heterocycles. The molecule has 2 aromatic carbocycles. The Morgan fingerprint density at radius 2 is 1.91 bits per heavy atom. The smallest absolute Gasteiger partial charge is 0.277 e. The molecule has 0 bridgehead atoms. The van der Waals surface area contributed by atoms with Crippen LogP contribution < -0.4 is 10.2 Å². The van der Waals surface area contributed by atoms with E-state index in [9.17, 15) is 9.18 Å². The van der Waals surface area contributed by atoms with E-state index in [-0.39, 0.29) is 18.3 Å². The third kappa shape index (κ3) is 3.94. The maximum atomic E-state index is 12.8. The van der Waals surface area contributed by atoms with Crippen molar-refractivity contribution in [3.05, 3.63) is 65.5 Å². The van der Waals surface area contributed by atoms with Crippen LogP contribution in [0.25, 0.3) is 0 Å². The molecule has 118 valence electrons. The average molecular weight is 312 g/mol. The van der Waals surface area contributed by atoms with Crippen LogP contribution in [-0.4, -0.2) is 18.2 Å². The zero-order valence-electron chi connectivity index (χ0n) is 12.6. The first-order chi connectivity index (χ1) is 11.2. The van der Waals surface area contributed by atoms with Crippen molar-refractivity contribution < 1.29 is 13.9 Å². The highest BCUT2D eigenvalue weighted by Crippen LogP contribution is 2.21. The normalized spacial score (nSPS) is 15.1. The number of aryl methyl sites for hydroxylation is 1. The van der Waals surface area contributed by atoms with E-state index in [2.05, 4.69) is 16.6 Å². The number of fused-ring (bicyclic) bond motifs is 1. The van der Waals surface area contributed by atoms with Crippen LogP contribution in [0.2, 0.25) is 0 Å². The molecule has 0 spiro atoms. The number of nitrogens with zero attached hydrogens (tertiary/aromatic N) is 1. The predicted octanol–water partition coefficient (Wildman–Crippen LogP) is 3.06. The van der Waals surface area contributed by atoms with Crippen LogP contribution in [-0.2, 0) is 11.2 Å². The van der Waals surface area contributed by atoms with Crippen LogP contribution in [0.15, 0.2) is 53.6 Å². The van der Waals surface area contributed by atoms with Gasteiger partial charge in [0.05, 0.1) is 5.71 Å². The summed E-state index contributed by atoms with van der Waals surface area (Å²) in [6.45, 7) is -0.163. The fourth-order valence-corrected chi connectivity index (χ4v) is 2.56. The number of hydrogen-bond donors (Lipinski definition) is 1. The Morgan fingerprint density at radius 3 is 2.74 bits per heavy atom. The lowest BCUT2D eigenvalue weighted by atomic mass is 9.90. The van der Waals surface area contributed by atoms with Crippen molar-refractivity contribution in [1.82, 2.24) is 5.43 Å². The zero-order valence-corrected chi connectivity index (χ0v) is 12.6. The fourth-order valence-electron chi connectivity index (χ4n) is 2.56. The van der Waals surface area contributed by atoms with Gasteiger partial charge in [-0.1, -0.05) is 24.3 Å². The van der Waals surface area contributed by atoms with Crippen LogP contribution in [0.1, 0.15) is 24.0 Å². The molecule has 0 aromatic heterocycles. The van der Waals surface area contributed by atoms with E-state index in [1.54, 1.807) is 0 Å². The molecule has 4 nitrogen and oxygen atoms in total. The van der Waals surface area contributed by atoms with E-state index in [1.165, 1.54) is 29.8 Å². The van der Waals surface area contributed by atoms with E-state index >= 15 is 0 Å². The molecule has 0 saturated heterocycles. The van der Waals surface area contributed by atoms with Crippen molar-refractivity contribution in [3.8, 4) is 5.75 Å². The monoisotopic (exact) mass is 312 g/mol. The number of halogens is 1. The molecule has 0 saturated carbocycles. The van der Waals surface area contributed by atoms with E-state index in [0.717, 1.165) is 30.5 Å². The minimum atomic E-state index is -0.343. The molecule has 0 fully saturated rings. The summed E-state index contributed by atoms with van der Waals surface area (Å²) < 4.78 is 18.1. The summed E-state index contributed by atoms with van der Waals surface area (Å²) in [5, 5.41) is 4.23. The molecule has 1 aliphatic rings. The summed E-state index contributed by atoms with van der Waals surface area (Å²) in [5.74, 6) is -0.244. The Balaban J connectivity index is 1.57. The van der Waals surface area contributed by atoms with Gasteiger partial charge in [0.15, 0.2) is 6.61 Å². The molecular weight excluding hydrogens is 295 g/mol. The van der Waals surface area contributed by atoms with Crippen molar-refractivity contribution in [1.29, 1.82) is 0 Å². The van der Waals surface area contributed by atoms with Gasteiger partial charge < -0.3 is 4.74 Å². The minimum Gasteiger partial charge on any atom is -0.484 e. The third-order valence-electron chi connectivity index (χ3n) is 3.69. The number of carbonyl (C=O) groups excluding carboxylic acids is 1. The van der Waals surface area contributed by atoms with E-state index < -0.39 is 0 Å². The minimum absolute atomic E-state index is 0.163. The third-order valence-corrected chi connectivity index (χ3v) is 3.69. The van der Waals surface area contributed by atoms with Gasteiger partial charge >= 0.3 is 0 Å². The molecule has 3 rings (SSSR count). The molecule has 1 N–H and O–H groups in total. The highest BCUT2D eigenvalue weighted by atomic mass is 19.1. The average Bonchev–Trinajstić information content (AvgIpc) is 2.59. The SMILES string of the molecule is O=C(COc1ccc(F)cc1)N/N=C1/CCCc2ccccc21. The number of ether oxygens (including phenoxy) is 1. The first kappa shape index (κ1) is 15.2. The summed E-state index contributed by atoms with van der Waals surface area (Å²) in [6.07, 6.45) is 2.91. The van der Waals surface area contributed by atoms with Crippen LogP contribution in [0.4, 0.5) is 4.39 Å². The first-order valence-corrected chi connectivity index (χ1v) is 7.54. The van der Waals surface area contributed by atoms with Crippen molar-refractivity contribution in [2.75, 3.05) is 6.61 Å². The van der Waals surface area contributed by atoms with Crippen LogP contribution in [0.3, 0.4) is 0 Å². The lowest BCUT2D eigenvalue weighted by Crippen LogP contribution is -2.26. The molecule has 0 atom stereocenters. The molecule has 23 heavy (non-hydrogen) atoms. The maximum Gasteiger partial charge on any atom is 0.277 e. The van der Waals surface area contributed by atoms with Gasteiger partial charge in [-0.2, -0.15) is 5.10 Å². The van der Waals surface area contributed by atoms with Gasteiger partial charge in [0, 0.05) is 5.56 Å². The van der Waals surface area contributed by atoms with E-state index in [4.69, 9.17) is 4.74 Å². The Bertz CT molecular complexity index is 726. The van der Waals surface area contributed by atoms with Gasteiger partial charge in [0.1, 0.15) is 11.6 Å². The molecule has 2 aromatic rings. The van der Waals surface area contributed by atoms with Crippen LogP contribution in [0.5, 0.6) is 5.75 Å². The van der Waals surface area contributed by atoms with Gasteiger partial charge in [0.2, 0.25) is 0 Å². The number of nitrogens with one attached hydrogen (secondary N) is 1. The zero-order chi connectivity index (χ0) is 16.1. The molecule has 1 amide bonds. The van der Waals surface area contributed by atoms with E-state index in [1.807, 2.05) is 18.2 Å². The van der Waals surface area contributed by atoms with Crippen molar-refractivity contribution in [2.45, 2.75) is 19.3 Å². The highest BCUT2D eigenvalue weighted by molar-refractivity contribution is 6.03. The number of hydrazone groups is 1. The lowest BCUT2D eigenvalue weighted by molar-refractivity contribution is -0.123. The fraction of sp³-hybridized carbons (Fsp3) is 0.222. The maximum absolute atomic E-state index is 12.8. The number of hydrogen-bond acceptors (Lipinski definition) is 3. The Kier molecular flexibility index (Phi) is 4.66. The molecule has 1 aliphatic carbocycles. The summed E-state index contributed by atoms with van der Waals surface area (Å²) in [6, 6.07) is 13.6. The molecule has 0 heterocycles. The van der Waals surface area contributed by atoms with Gasteiger partial charge in [-0.05, 0) is 49.1 Å².